The number of aromatic nitrogens is 2. The van der Waals surface area contributed by atoms with Crippen molar-refractivity contribution in [2.24, 2.45) is 0 Å². The first kappa shape index (κ1) is 16.0. The molecule has 0 spiro atoms. The quantitative estimate of drug-likeness (QED) is 0.720. The van der Waals surface area contributed by atoms with Crippen molar-refractivity contribution in [3.05, 3.63) is 11.9 Å². The maximum Gasteiger partial charge on any atom is 0.134 e. The zero-order valence-corrected chi connectivity index (χ0v) is 13.3. The first-order valence-corrected chi connectivity index (χ1v) is 8.22. The Kier molecular flexibility index (Phi) is 6.73. The molecule has 0 aliphatic heterocycles. The first-order valence-electron chi connectivity index (χ1n) is 8.22. The monoisotopic (exact) mass is 292 g/mol. The molecule has 1 heterocycles. The lowest BCUT2D eigenvalue weighted by Gasteiger charge is -2.22. The minimum absolute atomic E-state index is 0.467. The predicted octanol–water partition coefficient (Wildman–Crippen LogP) is 3.23. The number of hydrogen-bond acceptors (Lipinski definition) is 5. The molecule has 0 radical (unpaired) electrons. The van der Waals surface area contributed by atoms with E-state index < -0.39 is 0 Å². The van der Waals surface area contributed by atoms with Crippen LogP contribution in [0.2, 0.25) is 0 Å². The molecule has 1 aliphatic rings. The summed E-state index contributed by atoms with van der Waals surface area (Å²) >= 11 is 0. The molecule has 1 aromatic heterocycles. The fraction of sp³-hybridized carbons (Fsp3) is 0.750. The molecule has 1 saturated carbocycles. The van der Waals surface area contributed by atoms with Gasteiger partial charge in [-0.15, -0.1) is 0 Å². The molecule has 0 amide bonds. The number of ether oxygens (including phenoxy) is 1. The van der Waals surface area contributed by atoms with E-state index in [0.717, 1.165) is 37.6 Å². The van der Waals surface area contributed by atoms with Crippen molar-refractivity contribution in [1.29, 1.82) is 0 Å². The van der Waals surface area contributed by atoms with Gasteiger partial charge in [-0.1, -0.05) is 32.6 Å². The first-order chi connectivity index (χ1) is 10.3. The van der Waals surface area contributed by atoms with Crippen LogP contribution in [0.25, 0.3) is 0 Å². The van der Waals surface area contributed by atoms with Crippen molar-refractivity contribution < 1.29 is 4.74 Å². The Morgan fingerprint density at radius 3 is 2.67 bits per heavy atom. The van der Waals surface area contributed by atoms with Gasteiger partial charge < -0.3 is 15.4 Å². The van der Waals surface area contributed by atoms with Gasteiger partial charge in [0.2, 0.25) is 0 Å². The van der Waals surface area contributed by atoms with Gasteiger partial charge in [0, 0.05) is 19.2 Å². The van der Waals surface area contributed by atoms with Crippen LogP contribution in [-0.4, -0.2) is 36.3 Å². The highest BCUT2D eigenvalue weighted by Gasteiger charge is 2.13. The molecule has 5 nitrogen and oxygen atoms in total. The van der Waals surface area contributed by atoms with Crippen LogP contribution >= 0.6 is 0 Å². The third-order valence-electron chi connectivity index (χ3n) is 3.98. The number of nitrogens with zero attached hydrogens (tertiary/aromatic N) is 2. The Morgan fingerprint density at radius 1 is 1.19 bits per heavy atom. The molecule has 2 rings (SSSR count). The average Bonchev–Trinajstić information content (AvgIpc) is 2.54. The normalized spacial score (nSPS) is 15.9. The van der Waals surface area contributed by atoms with Crippen LogP contribution < -0.4 is 10.6 Å². The highest BCUT2D eigenvalue weighted by molar-refractivity contribution is 5.57. The third kappa shape index (κ3) is 4.84. The number of anilines is 2. The summed E-state index contributed by atoms with van der Waals surface area (Å²) in [6.07, 6.45) is 10.6. The van der Waals surface area contributed by atoms with Crippen LogP contribution in [0, 0.1) is 0 Å². The van der Waals surface area contributed by atoms with Crippen LogP contribution in [0.5, 0.6) is 0 Å². The van der Waals surface area contributed by atoms with Crippen molar-refractivity contribution in [3.63, 3.8) is 0 Å². The van der Waals surface area contributed by atoms with Gasteiger partial charge in [0.1, 0.15) is 18.0 Å². The Hall–Kier alpha value is -1.36. The van der Waals surface area contributed by atoms with Gasteiger partial charge in [0.25, 0.3) is 0 Å². The summed E-state index contributed by atoms with van der Waals surface area (Å²) in [7, 11) is 1.90. The van der Waals surface area contributed by atoms with E-state index in [-0.39, 0.29) is 0 Å². The Morgan fingerprint density at radius 2 is 1.95 bits per heavy atom. The van der Waals surface area contributed by atoms with Crippen LogP contribution in [0.3, 0.4) is 0 Å². The van der Waals surface area contributed by atoms with Gasteiger partial charge in [0.15, 0.2) is 0 Å². The van der Waals surface area contributed by atoms with Crippen molar-refractivity contribution in [3.8, 4) is 0 Å². The van der Waals surface area contributed by atoms with E-state index in [9.17, 15) is 0 Å². The zero-order valence-electron chi connectivity index (χ0n) is 13.3. The maximum absolute atomic E-state index is 5.94. The van der Waals surface area contributed by atoms with Gasteiger partial charge in [-0.2, -0.15) is 0 Å². The average molecular weight is 292 g/mol. The smallest absolute Gasteiger partial charge is 0.134 e. The van der Waals surface area contributed by atoms with E-state index in [2.05, 4.69) is 27.5 Å². The molecule has 0 saturated heterocycles. The molecule has 0 unspecified atom stereocenters. The van der Waals surface area contributed by atoms with Crippen molar-refractivity contribution in [2.45, 2.75) is 58.0 Å². The topological polar surface area (TPSA) is 59.1 Å². The molecule has 118 valence electrons. The van der Waals surface area contributed by atoms with E-state index >= 15 is 0 Å². The van der Waals surface area contributed by atoms with Gasteiger partial charge in [-0.25, -0.2) is 9.97 Å². The van der Waals surface area contributed by atoms with E-state index in [1.54, 1.807) is 6.33 Å². The fourth-order valence-electron chi connectivity index (χ4n) is 2.89. The lowest BCUT2D eigenvalue weighted by molar-refractivity contribution is 0.0347. The van der Waals surface area contributed by atoms with Crippen LogP contribution in [0.15, 0.2) is 6.33 Å². The largest absolute Gasteiger partial charge is 0.376 e. The summed E-state index contributed by atoms with van der Waals surface area (Å²) in [6.45, 7) is 3.71. The summed E-state index contributed by atoms with van der Waals surface area (Å²) in [5, 5.41) is 6.54. The van der Waals surface area contributed by atoms with E-state index in [0.29, 0.717) is 6.10 Å². The van der Waals surface area contributed by atoms with Gasteiger partial charge in [0.05, 0.1) is 12.7 Å². The molecule has 2 N–H and O–H groups in total. The van der Waals surface area contributed by atoms with Crippen molar-refractivity contribution >= 4 is 11.6 Å². The maximum atomic E-state index is 5.94. The second-order valence-electron chi connectivity index (χ2n) is 5.61. The summed E-state index contributed by atoms with van der Waals surface area (Å²) in [6, 6.07) is 0. The number of hydrogen-bond donors (Lipinski definition) is 2. The minimum Gasteiger partial charge on any atom is -0.376 e. The molecule has 21 heavy (non-hydrogen) atoms. The third-order valence-corrected chi connectivity index (χ3v) is 3.98. The Bertz CT molecular complexity index is 419. The summed E-state index contributed by atoms with van der Waals surface area (Å²) in [4.78, 5) is 8.66. The van der Waals surface area contributed by atoms with Gasteiger partial charge >= 0.3 is 0 Å². The van der Waals surface area contributed by atoms with Gasteiger partial charge in [-0.05, 0) is 19.3 Å². The Balaban J connectivity index is 1.81. The molecule has 1 fully saturated rings. The lowest BCUT2D eigenvalue weighted by Crippen LogP contribution is -2.21. The summed E-state index contributed by atoms with van der Waals surface area (Å²) in [5.41, 5.74) is 1.17. The summed E-state index contributed by atoms with van der Waals surface area (Å²) in [5.74, 6) is 1.85. The standard InChI is InChI=1S/C16H28N4O/c1-3-7-14-15(17-2)19-12-20-16(14)18-10-11-21-13-8-5-4-6-9-13/h12-13H,3-11H2,1-2H3,(H2,17,18,19,20). The highest BCUT2D eigenvalue weighted by atomic mass is 16.5. The van der Waals surface area contributed by atoms with E-state index in [4.69, 9.17) is 4.74 Å². The molecule has 5 heteroatoms. The second-order valence-corrected chi connectivity index (χ2v) is 5.61. The van der Waals surface area contributed by atoms with Crippen molar-refractivity contribution in [1.82, 2.24) is 9.97 Å². The van der Waals surface area contributed by atoms with Crippen molar-refractivity contribution in [2.75, 3.05) is 30.8 Å². The molecule has 0 atom stereocenters. The van der Waals surface area contributed by atoms with Gasteiger partial charge in [-0.3, -0.25) is 0 Å². The molecule has 1 aliphatic carbocycles. The molecule has 0 bridgehead atoms. The fourth-order valence-corrected chi connectivity index (χ4v) is 2.89. The second kappa shape index (κ2) is 8.82. The minimum atomic E-state index is 0.467. The summed E-state index contributed by atoms with van der Waals surface area (Å²) < 4.78 is 5.94. The molecular weight excluding hydrogens is 264 g/mol. The number of nitrogens with one attached hydrogen (secondary N) is 2. The molecule has 0 aromatic carbocycles. The van der Waals surface area contributed by atoms with E-state index in [1.165, 1.54) is 37.7 Å². The molecule has 1 aromatic rings. The van der Waals surface area contributed by atoms with Crippen LogP contribution in [0.1, 0.15) is 51.0 Å². The predicted molar refractivity (Wildman–Crippen MR) is 86.9 cm³/mol. The molecular formula is C16H28N4O. The van der Waals surface area contributed by atoms with Crippen LogP contribution in [-0.2, 0) is 11.2 Å². The highest BCUT2D eigenvalue weighted by Crippen LogP contribution is 2.22. The van der Waals surface area contributed by atoms with E-state index in [1.807, 2.05) is 7.05 Å². The number of rotatable bonds is 8. The van der Waals surface area contributed by atoms with Crippen LogP contribution in [0.4, 0.5) is 11.6 Å². The SMILES string of the molecule is CCCc1c(NC)ncnc1NCCOC1CCCCC1. The Labute approximate surface area is 127 Å². The lowest BCUT2D eigenvalue weighted by atomic mass is 9.98. The zero-order chi connectivity index (χ0) is 14.9.